The van der Waals surface area contributed by atoms with Gasteiger partial charge in [0.15, 0.2) is 0 Å². The Labute approximate surface area is 231 Å². The van der Waals surface area contributed by atoms with Crippen LogP contribution in [0.5, 0.6) is 0 Å². The van der Waals surface area contributed by atoms with Crippen LogP contribution in [0.3, 0.4) is 0 Å². The minimum atomic E-state index is -1.89. The molecule has 0 spiro atoms. The van der Waals surface area contributed by atoms with Crippen LogP contribution in [0.2, 0.25) is 15.8 Å². The van der Waals surface area contributed by atoms with Gasteiger partial charge in [0.1, 0.15) is 0 Å². The maximum Gasteiger partial charge on any atom is 1.00 e. The third-order valence-electron chi connectivity index (χ3n) is 8.44. The second-order valence-electron chi connectivity index (χ2n) is 15.9. The van der Waals surface area contributed by atoms with Crippen molar-refractivity contribution in [1.82, 2.24) is 9.20 Å². The fraction of sp³-hybridized carbons (Fsp3) is 1.00. The Hall–Kier alpha value is 1.05. The van der Waals surface area contributed by atoms with E-state index in [0.29, 0.717) is 22.2 Å². The summed E-state index contributed by atoms with van der Waals surface area (Å²) in [5.41, 5.74) is 1.49. The summed E-state index contributed by atoms with van der Waals surface area (Å²) in [7, 11) is 0. The number of hydrogen-bond donors (Lipinski definition) is 1. The fourth-order valence-corrected chi connectivity index (χ4v) is 18.4. The van der Waals surface area contributed by atoms with Gasteiger partial charge in [0, 0.05) is 11.1 Å². The van der Waals surface area contributed by atoms with E-state index >= 15 is 0 Å². The van der Waals surface area contributed by atoms with Crippen LogP contribution in [0.15, 0.2) is 0 Å². The molecule has 34 heavy (non-hydrogen) atoms. The first kappa shape index (κ1) is 35.0. The van der Waals surface area contributed by atoms with E-state index in [0.717, 1.165) is 17.8 Å². The second-order valence-corrected chi connectivity index (χ2v) is 20.7. The Bertz CT molecular complexity index is 536. The van der Waals surface area contributed by atoms with Gasteiger partial charge in [-0.15, -0.1) is 0 Å². The predicted molar refractivity (Wildman–Crippen MR) is 154 cm³/mol. The van der Waals surface area contributed by atoms with Gasteiger partial charge in [0.05, 0.1) is 0 Å². The van der Waals surface area contributed by atoms with Crippen LogP contribution in [-0.2, 0) is 0 Å². The van der Waals surface area contributed by atoms with Gasteiger partial charge in [-0.25, -0.2) is 0 Å². The summed E-state index contributed by atoms with van der Waals surface area (Å²) in [5.74, 6) is 2.48. The summed E-state index contributed by atoms with van der Waals surface area (Å²) >= 11 is -1.89. The molecule has 2 heterocycles. The molecule has 1 N–H and O–H groups in total. The summed E-state index contributed by atoms with van der Waals surface area (Å²) in [6.45, 7) is 34.1. The predicted octanol–water partition coefficient (Wildman–Crippen LogP) is 6.26. The Morgan fingerprint density at radius 3 is 1.12 bits per heavy atom. The van der Waals surface area contributed by atoms with Crippen LogP contribution in [0.4, 0.5) is 0 Å². The molecule has 4 heteroatoms. The molecule has 198 valence electrons. The van der Waals surface area contributed by atoms with E-state index in [-0.39, 0.29) is 18.9 Å². The van der Waals surface area contributed by atoms with E-state index in [1.54, 1.807) is 0 Å². The second kappa shape index (κ2) is 13.2. The van der Waals surface area contributed by atoms with Crippen molar-refractivity contribution in [2.75, 3.05) is 0 Å². The first-order valence-electron chi connectivity index (χ1n) is 14.5. The van der Waals surface area contributed by atoms with Crippen LogP contribution in [-0.4, -0.2) is 39.3 Å². The molecule has 0 saturated carbocycles. The molecular formula is C30H64AlLiN2. The molecule has 0 aromatic carbocycles. The average Bonchev–Trinajstić information content (AvgIpc) is 2.48. The quantitative estimate of drug-likeness (QED) is 0.427. The Balaban J connectivity index is 0.000000827. The van der Waals surface area contributed by atoms with Crippen molar-refractivity contribution >= 4 is 13.3 Å². The summed E-state index contributed by atoms with van der Waals surface area (Å²) < 4.78 is 3.16. The number of nitrogens with zero attached hydrogens (tertiary/aromatic N) is 1. The molecule has 0 aromatic heterocycles. The van der Waals surface area contributed by atoms with E-state index in [9.17, 15) is 0 Å². The molecule has 2 aliphatic rings. The van der Waals surface area contributed by atoms with Crippen molar-refractivity contribution in [2.24, 2.45) is 17.8 Å². The molecule has 0 unspecified atom stereocenters. The van der Waals surface area contributed by atoms with Gasteiger partial charge >= 0.3 is 18.9 Å². The molecule has 2 saturated heterocycles. The smallest absolute Gasteiger partial charge is 0.504 e. The molecule has 0 bridgehead atoms. The van der Waals surface area contributed by atoms with E-state index in [1.165, 1.54) is 54.4 Å². The van der Waals surface area contributed by atoms with Gasteiger partial charge in [0.25, 0.3) is 0 Å². The van der Waals surface area contributed by atoms with Crippen LogP contribution in [0.1, 0.15) is 135 Å². The van der Waals surface area contributed by atoms with Crippen molar-refractivity contribution in [2.45, 2.75) is 173 Å². The van der Waals surface area contributed by atoms with Gasteiger partial charge in [-0.3, -0.25) is 0 Å². The molecule has 2 nitrogen and oxygen atoms in total. The molecule has 0 amide bonds. The van der Waals surface area contributed by atoms with Gasteiger partial charge < -0.3 is 9.20 Å². The van der Waals surface area contributed by atoms with Crippen molar-refractivity contribution in [3.05, 3.63) is 0 Å². The Kier molecular flexibility index (Phi) is 13.6. The molecule has 0 aromatic rings. The van der Waals surface area contributed by atoms with Gasteiger partial charge in [0.2, 0.25) is 13.3 Å². The largest absolute Gasteiger partial charge is 1.00 e. The summed E-state index contributed by atoms with van der Waals surface area (Å²) in [5, 5.41) is 8.12. The van der Waals surface area contributed by atoms with Crippen molar-refractivity contribution in [1.29, 1.82) is 0 Å². The van der Waals surface area contributed by atoms with Gasteiger partial charge in [-0.2, -0.15) is 15.8 Å². The summed E-state index contributed by atoms with van der Waals surface area (Å²) in [6, 6.07) is 0. The minimum absolute atomic E-state index is 0. The summed E-state index contributed by atoms with van der Waals surface area (Å²) in [6.07, 6.45) is 8.16. The molecule has 2 aliphatic heterocycles. The molecule has 0 radical (unpaired) electrons. The van der Waals surface area contributed by atoms with Crippen molar-refractivity contribution in [3.63, 3.8) is 0 Å². The normalized spacial score (nSPS) is 23.9. The van der Waals surface area contributed by atoms with Crippen LogP contribution in [0, 0.1) is 17.8 Å². The van der Waals surface area contributed by atoms with E-state index in [1.807, 2.05) is 0 Å². The van der Waals surface area contributed by atoms with E-state index in [2.05, 4.69) is 106 Å². The topological polar surface area (TPSA) is 15.3 Å². The van der Waals surface area contributed by atoms with Gasteiger partial charge in [-0.1, -0.05) is 93.4 Å². The zero-order chi connectivity index (χ0) is 25.9. The molecule has 0 atom stereocenters. The first-order chi connectivity index (χ1) is 14.7. The zero-order valence-corrected chi connectivity index (χ0v) is 27.8. The maximum absolute atomic E-state index is 3.63. The van der Waals surface area contributed by atoms with Crippen LogP contribution < -0.4 is 24.2 Å². The Morgan fingerprint density at radius 2 is 0.882 bits per heavy atom. The van der Waals surface area contributed by atoms with Crippen LogP contribution in [0.25, 0.3) is 0 Å². The molecule has 2 fully saturated rings. The number of rotatable bonds is 7. The average molecular weight is 487 g/mol. The number of hydrogen-bond acceptors (Lipinski definition) is 2. The standard InChI is InChI=1S/C9H19N.C9H18N.3C4H9.Al.Li/c2*1-8(2)6-5-7-9(3,4)10-8;3*1-4(2)3;;/h10H,5-7H2,1-4H3;5-7H2,1-4H3;3*4H,1H2,2-3H3;;/q;-1;;;;;+1. The molecule has 2 rings (SSSR count). The third kappa shape index (κ3) is 10.8. The molecule has 0 aliphatic carbocycles. The van der Waals surface area contributed by atoms with E-state index < -0.39 is 13.3 Å². The third-order valence-corrected chi connectivity index (χ3v) is 16.4. The number of nitrogens with one attached hydrogen (secondary N) is 1. The monoisotopic (exact) mass is 487 g/mol. The SMILES string of the molecule is CC(C)[CH2][Al-]([CH2]C(C)C)([CH2]C(C)C)[N]1C(C)(C)CCCC1(C)C.CC1(C)CCCC(C)(C)N1.[Li+]. The van der Waals surface area contributed by atoms with Crippen molar-refractivity contribution < 1.29 is 18.9 Å². The van der Waals surface area contributed by atoms with Crippen molar-refractivity contribution in [3.8, 4) is 0 Å². The fourth-order valence-electron chi connectivity index (χ4n) is 8.75. The minimum Gasteiger partial charge on any atom is -0.504 e. The number of piperidine rings is 2. The zero-order valence-electron chi connectivity index (χ0n) is 26.6. The maximum atomic E-state index is 3.63. The van der Waals surface area contributed by atoms with Crippen LogP contribution >= 0.6 is 0 Å². The first-order valence-corrected chi connectivity index (χ1v) is 17.5. The van der Waals surface area contributed by atoms with Gasteiger partial charge in [-0.05, 0) is 70.9 Å². The molecular weight excluding hydrogens is 422 g/mol. The summed E-state index contributed by atoms with van der Waals surface area (Å²) in [4.78, 5) is 0. The Morgan fingerprint density at radius 1 is 0.588 bits per heavy atom. The van der Waals surface area contributed by atoms with E-state index in [4.69, 9.17) is 0 Å².